The Labute approximate surface area is 140 Å². The molecule has 1 N–H and O–H groups in total. The van der Waals surface area contributed by atoms with Crippen LogP contribution in [-0.2, 0) is 4.74 Å². The molecule has 1 aliphatic heterocycles. The number of hydrogen-bond donors (Lipinski definition) is 1. The van der Waals surface area contributed by atoms with Gasteiger partial charge in [0, 0.05) is 19.2 Å². The van der Waals surface area contributed by atoms with Crippen LogP contribution < -0.4 is 4.74 Å². The fraction of sp³-hybridized carbons (Fsp3) is 0.533. The molecule has 124 valence electrons. The maximum atomic E-state index is 11.2. The molecule has 0 aromatic heterocycles. The third kappa shape index (κ3) is 6.30. The van der Waals surface area contributed by atoms with E-state index in [0.717, 1.165) is 31.7 Å². The van der Waals surface area contributed by atoms with Crippen molar-refractivity contribution in [1.29, 1.82) is 0 Å². The number of aliphatic hydroxyl groups is 1. The molecule has 1 aliphatic rings. The molecule has 5 nitrogen and oxygen atoms in total. The molecular weight excluding hydrogens is 329 g/mol. The van der Waals surface area contributed by atoms with E-state index in [2.05, 4.69) is 0 Å². The summed E-state index contributed by atoms with van der Waals surface area (Å²) in [6.45, 7) is 3.14. The van der Waals surface area contributed by atoms with E-state index in [1.807, 2.05) is 0 Å². The topological polar surface area (TPSA) is 59.0 Å². The van der Waals surface area contributed by atoms with Crippen molar-refractivity contribution in [3.8, 4) is 5.75 Å². The van der Waals surface area contributed by atoms with Gasteiger partial charge in [0.1, 0.15) is 11.9 Å². The van der Waals surface area contributed by atoms with Crippen LogP contribution in [0.25, 0.3) is 0 Å². The van der Waals surface area contributed by atoms with E-state index in [1.165, 1.54) is 0 Å². The number of methoxy groups -OCH3 is 1. The van der Waals surface area contributed by atoms with Gasteiger partial charge in [0.15, 0.2) is 0 Å². The van der Waals surface area contributed by atoms with Crippen molar-refractivity contribution in [1.82, 2.24) is 4.90 Å². The average Bonchev–Trinajstić information content (AvgIpc) is 3.05. The first-order valence-corrected chi connectivity index (χ1v) is 7.79. The highest BCUT2D eigenvalue weighted by atomic mass is 35.5. The van der Waals surface area contributed by atoms with Crippen LogP contribution >= 0.6 is 23.2 Å². The van der Waals surface area contributed by atoms with Gasteiger partial charge in [0.2, 0.25) is 0 Å². The summed E-state index contributed by atoms with van der Waals surface area (Å²) >= 11 is 11.3. The number of carbonyl (C=O) groups excluding carboxylic acids is 1. The summed E-state index contributed by atoms with van der Waals surface area (Å²) < 4.78 is 9.83. The molecule has 1 aromatic carbocycles. The number of ether oxygens (including phenoxy) is 2. The number of nitrogens with zero attached hydrogens (tertiary/aromatic N) is 1. The van der Waals surface area contributed by atoms with E-state index in [1.54, 1.807) is 37.1 Å². The second-order valence-corrected chi connectivity index (χ2v) is 5.67. The minimum absolute atomic E-state index is 0.112. The molecular formula is C15H21Cl2NO4. The lowest BCUT2D eigenvalue weighted by molar-refractivity contribution is 0.0465. The van der Waals surface area contributed by atoms with Crippen molar-refractivity contribution in [3.63, 3.8) is 0 Å². The summed E-state index contributed by atoms with van der Waals surface area (Å²) in [6, 6.07) is 5.13. The van der Waals surface area contributed by atoms with Gasteiger partial charge < -0.3 is 19.5 Å². The predicted molar refractivity (Wildman–Crippen MR) is 86.8 cm³/mol. The molecule has 0 saturated carbocycles. The van der Waals surface area contributed by atoms with Crippen molar-refractivity contribution < 1.29 is 19.4 Å². The summed E-state index contributed by atoms with van der Waals surface area (Å²) in [5.41, 5.74) is 0. The van der Waals surface area contributed by atoms with E-state index >= 15 is 0 Å². The standard InChI is InChI=1S/C8H15NO3.C7H6Cl2O/c1-7(6-10)12-8(11)9-4-2-3-5-9;1-10-5-2-3-6(8)7(9)4-5/h7,10H,2-6H2,1H3;2-4H,1H3. The van der Waals surface area contributed by atoms with Gasteiger partial charge in [0.25, 0.3) is 0 Å². The zero-order valence-electron chi connectivity index (χ0n) is 12.7. The summed E-state index contributed by atoms with van der Waals surface area (Å²) in [5.74, 6) is 0.717. The van der Waals surface area contributed by atoms with Gasteiger partial charge in [-0.1, -0.05) is 23.2 Å². The highest BCUT2D eigenvalue weighted by Crippen LogP contribution is 2.25. The number of rotatable bonds is 3. The maximum absolute atomic E-state index is 11.2. The SMILES string of the molecule is CC(CO)OC(=O)N1CCCC1.COc1ccc(Cl)c(Cl)c1. The summed E-state index contributed by atoms with van der Waals surface area (Å²) in [4.78, 5) is 12.9. The monoisotopic (exact) mass is 349 g/mol. The molecule has 1 aromatic rings. The third-order valence-electron chi connectivity index (χ3n) is 3.05. The van der Waals surface area contributed by atoms with Gasteiger partial charge in [-0.3, -0.25) is 0 Å². The van der Waals surface area contributed by atoms with Gasteiger partial charge in [-0.15, -0.1) is 0 Å². The number of hydrogen-bond acceptors (Lipinski definition) is 4. The molecule has 0 aliphatic carbocycles. The Hall–Kier alpha value is -1.17. The molecule has 1 saturated heterocycles. The second kappa shape index (κ2) is 9.77. The van der Waals surface area contributed by atoms with E-state index in [0.29, 0.717) is 10.0 Å². The molecule has 1 heterocycles. The summed E-state index contributed by atoms with van der Waals surface area (Å²) in [6.07, 6.45) is 1.43. The first kappa shape index (κ1) is 18.9. The number of amides is 1. The van der Waals surface area contributed by atoms with Gasteiger partial charge in [-0.05, 0) is 31.9 Å². The lowest BCUT2D eigenvalue weighted by atomic mass is 10.3. The Kier molecular flexibility index (Phi) is 8.38. The van der Waals surface area contributed by atoms with Crippen LogP contribution in [0, 0.1) is 0 Å². The molecule has 0 bridgehead atoms. The van der Waals surface area contributed by atoms with Crippen LogP contribution in [-0.4, -0.2) is 49.0 Å². The number of likely N-dealkylation sites (tertiary alicyclic amines) is 1. The maximum Gasteiger partial charge on any atom is 0.410 e. The Balaban J connectivity index is 0.000000224. The van der Waals surface area contributed by atoms with Crippen LogP contribution in [0.5, 0.6) is 5.75 Å². The minimum atomic E-state index is -0.391. The summed E-state index contributed by atoms with van der Waals surface area (Å²) in [7, 11) is 1.58. The number of benzene rings is 1. The van der Waals surface area contributed by atoms with E-state index in [4.69, 9.17) is 37.8 Å². The van der Waals surface area contributed by atoms with Crippen LogP contribution in [0.4, 0.5) is 4.79 Å². The van der Waals surface area contributed by atoms with Crippen LogP contribution in [0.1, 0.15) is 19.8 Å². The zero-order chi connectivity index (χ0) is 16.5. The van der Waals surface area contributed by atoms with Gasteiger partial charge in [-0.25, -0.2) is 4.79 Å². The molecule has 1 atom stereocenters. The lowest BCUT2D eigenvalue weighted by Crippen LogP contribution is -2.32. The van der Waals surface area contributed by atoms with Gasteiger partial charge in [0.05, 0.1) is 23.8 Å². The van der Waals surface area contributed by atoms with Crippen molar-refractivity contribution in [2.45, 2.75) is 25.9 Å². The fourth-order valence-electron chi connectivity index (χ4n) is 1.79. The lowest BCUT2D eigenvalue weighted by Gasteiger charge is -2.17. The molecule has 1 amide bonds. The van der Waals surface area contributed by atoms with Crippen molar-refractivity contribution in [2.75, 3.05) is 26.8 Å². The molecule has 0 radical (unpaired) electrons. The van der Waals surface area contributed by atoms with Crippen LogP contribution in [0.15, 0.2) is 18.2 Å². The van der Waals surface area contributed by atoms with Crippen molar-refractivity contribution >= 4 is 29.3 Å². The van der Waals surface area contributed by atoms with Gasteiger partial charge in [-0.2, -0.15) is 0 Å². The first-order valence-electron chi connectivity index (χ1n) is 7.03. The third-order valence-corrected chi connectivity index (χ3v) is 3.79. The van der Waals surface area contributed by atoms with Crippen LogP contribution in [0.3, 0.4) is 0 Å². The number of aliphatic hydroxyl groups excluding tert-OH is 1. The molecule has 22 heavy (non-hydrogen) atoms. The van der Waals surface area contributed by atoms with Gasteiger partial charge >= 0.3 is 6.09 Å². The fourth-order valence-corrected chi connectivity index (χ4v) is 2.08. The van der Waals surface area contributed by atoms with Crippen molar-refractivity contribution in [2.24, 2.45) is 0 Å². The molecule has 1 fully saturated rings. The Bertz CT molecular complexity index is 479. The normalized spacial score (nSPS) is 14.9. The molecule has 1 unspecified atom stereocenters. The Morgan fingerprint density at radius 1 is 1.32 bits per heavy atom. The minimum Gasteiger partial charge on any atom is -0.497 e. The smallest absolute Gasteiger partial charge is 0.410 e. The van der Waals surface area contributed by atoms with Crippen LogP contribution in [0.2, 0.25) is 10.0 Å². The quantitative estimate of drug-likeness (QED) is 0.905. The largest absolute Gasteiger partial charge is 0.497 e. The van der Waals surface area contributed by atoms with E-state index in [9.17, 15) is 4.79 Å². The summed E-state index contributed by atoms with van der Waals surface area (Å²) in [5, 5.41) is 9.69. The highest BCUT2D eigenvalue weighted by molar-refractivity contribution is 6.42. The predicted octanol–water partition coefficient (Wildman–Crippen LogP) is 3.60. The molecule has 0 spiro atoms. The van der Waals surface area contributed by atoms with Crippen molar-refractivity contribution in [3.05, 3.63) is 28.2 Å². The highest BCUT2D eigenvalue weighted by Gasteiger charge is 2.20. The second-order valence-electron chi connectivity index (χ2n) is 4.85. The molecule has 2 rings (SSSR count). The Morgan fingerprint density at radius 3 is 2.45 bits per heavy atom. The zero-order valence-corrected chi connectivity index (χ0v) is 14.2. The Morgan fingerprint density at radius 2 is 1.95 bits per heavy atom. The number of halogens is 2. The average molecular weight is 350 g/mol. The first-order chi connectivity index (χ1) is 10.5. The number of carbonyl (C=O) groups is 1. The van der Waals surface area contributed by atoms with E-state index < -0.39 is 6.10 Å². The molecule has 7 heteroatoms. The van der Waals surface area contributed by atoms with E-state index in [-0.39, 0.29) is 12.7 Å².